The summed E-state index contributed by atoms with van der Waals surface area (Å²) in [4.78, 5) is 5.68. The average molecular weight is 477 g/mol. The van der Waals surface area contributed by atoms with Crippen molar-refractivity contribution in [3.8, 4) is 17.2 Å². The van der Waals surface area contributed by atoms with E-state index in [1.54, 1.807) is 38.7 Å². The molecule has 25 heavy (non-hydrogen) atoms. The predicted molar refractivity (Wildman–Crippen MR) is 113 cm³/mol. The molecule has 0 atom stereocenters. The van der Waals surface area contributed by atoms with Gasteiger partial charge in [0, 0.05) is 23.1 Å². The van der Waals surface area contributed by atoms with Gasteiger partial charge in [-0.1, -0.05) is 6.07 Å². The Bertz CT molecular complexity index is 678. The van der Waals surface area contributed by atoms with E-state index >= 15 is 0 Å². The molecule has 6 nitrogen and oxygen atoms in total. The minimum absolute atomic E-state index is 0. The van der Waals surface area contributed by atoms with Gasteiger partial charge in [-0.3, -0.25) is 0 Å². The molecule has 2 rings (SSSR count). The number of nitrogens with one attached hydrogen (secondary N) is 1. The molecule has 0 radical (unpaired) electrons. The maximum Gasteiger partial charge on any atom is 0.188 e. The normalized spacial score (nSPS) is 10.8. The summed E-state index contributed by atoms with van der Waals surface area (Å²) in [6.07, 6.45) is 0.924. The molecule has 138 valence electrons. The number of methoxy groups -OCH3 is 3. The third-order valence-electron chi connectivity index (χ3n) is 3.46. The lowest BCUT2D eigenvalue weighted by Crippen LogP contribution is -2.33. The van der Waals surface area contributed by atoms with Crippen LogP contribution >= 0.6 is 35.3 Å². The van der Waals surface area contributed by atoms with E-state index < -0.39 is 0 Å². The van der Waals surface area contributed by atoms with E-state index in [2.05, 4.69) is 21.8 Å². The Balaban J connectivity index is 0.00000312. The molecule has 0 aliphatic rings. The van der Waals surface area contributed by atoms with Crippen LogP contribution in [0.5, 0.6) is 17.2 Å². The smallest absolute Gasteiger partial charge is 0.188 e. The molecule has 1 aromatic carbocycles. The van der Waals surface area contributed by atoms with E-state index in [1.165, 1.54) is 4.88 Å². The van der Waals surface area contributed by atoms with Crippen molar-refractivity contribution in [1.29, 1.82) is 0 Å². The number of hydrogen-bond acceptors (Lipinski definition) is 5. The fourth-order valence-corrected chi connectivity index (χ4v) is 2.92. The fourth-order valence-electron chi connectivity index (χ4n) is 2.21. The maximum absolute atomic E-state index is 5.92. The van der Waals surface area contributed by atoms with Gasteiger partial charge in [-0.2, -0.15) is 0 Å². The van der Waals surface area contributed by atoms with Gasteiger partial charge in [-0.05, 0) is 23.9 Å². The van der Waals surface area contributed by atoms with Crippen LogP contribution in [0.25, 0.3) is 0 Å². The lowest BCUT2D eigenvalue weighted by molar-refractivity contribution is 0.347. The first-order valence-corrected chi connectivity index (χ1v) is 8.41. The van der Waals surface area contributed by atoms with E-state index in [1.807, 2.05) is 12.1 Å². The lowest BCUT2D eigenvalue weighted by atomic mass is 10.1. The Morgan fingerprint density at radius 1 is 1.12 bits per heavy atom. The minimum atomic E-state index is 0. The van der Waals surface area contributed by atoms with Gasteiger partial charge in [0.2, 0.25) is 0 Å². The number of nitrogens with zero attached hydrogens (tertiary/aromatic N) is 1. The van der Waals surface area contributed by atoms with E-state index in [9.17, 15) is 0 Å². The molecule has 0 aliphatic heterocycles. The quantitative estimate of drug-likeness (QED) is 0.347. The number of guanidine groups is 1. The molecule has 1 heterocycles. The number of thiophene rings is 1. The maximum atomic E-state index is 5.92. The predicted octanol–water partition coefficient (Wildman–Crippen LogP) is 3.04. The number of hydrogen-bond donors (Lipinski definition) is 2. The average Bonchev–Trinajstić information content (AvgIpc) is 3.12. The van der Waals surface area contributed by atoms with Crippen molar-refractivity contribution in [3.05, 3.63) is 40.1 Å². The second kappa shape index (κ2) is 11.0. The van der Waals surface area contributed by atoms with Crippen LogP contribution in [0.15, 0.2) is 34.6 Å². The number of rotatable bonds is 8. The molecule has 0 saturated heterocycles. The molecule has 0 amide bonds. The summed E-state index contributed by atoms with van der Waals surface area (Å²) in [7, 11) is 4.79. The number of aliphatic imine (C=N–C) groups is 1. The molecule has 0 unspecified atom stereocenters. The van der Waals surface area contributed by atoms with Crippen LogP contribution in [-0.4, -0.2) is 33.8 Å². The van der Waals surface area contributed by atoms with E-state index in [-0.39, 0.29) is 24.0 Å². The van der Waals surface area contributed by atoms with Crippen molar-refractivity contribution in [2.75, 3.05) is 27.9 Å². The SMILES string of the molecule is COc1cc(OC)c(OC)cc1CN=C(N)NCCc1cccs1.I. The van der Waals surface area contributed by atoms with Crippen LogP contribution < -0.4 is 25.3 Å². The van der Waals surface area contributed by atoms with Crippen LogP contribution in [0.2, 0.25) is 0 Å². The van der Waals surface area contributed by atoms with Gasteiger partial charge in [0.1, 0.15) is 5.75 Å². The van der Waals surface area contributed by atoms with Crippen LogP contribution in [0.1, 0.15) is 10.4 Å². The Hall–Kier alpha value is -1.68. The summed E-state index contributed by atoms with van der Waals surface area (Å²) in [5.41, 5.74) is 6.80. The molecule has 2 aromatic rings. The van der Waals surface area contributed by atoms with Crippen LogP contribution in [0.3, 0.4) is 0 Å². The van der Waals surface area contributed by atoms with E-state index in [0.717, 1.165) is 18.5 Å². The summed E-state index contributed by atoms with van der Waals surface area (Å²) in [6.45, 7) is 1.14. The summed E-state index contributed by atoms with van der Waals surface area (Å²) < 4.78 is 16.0. The van der Waals surface area contributed by atoms with Gasteiger partial charge < -0.3 is 25.3 Å². The van der Waals surface area contributed by atoms with Gasteiger partial charge in [0.25, 0.3) is 0 Å². The molecule has 0 spiro atoms. The van der Waals surface area contributed by atoms with Crippen molar-refractivity contribution in [3.63, 3.8) is 0 Å². The Morgan fingerprint density at radius 3 is 2.40 bits per heavy atom. The molecule has 0 aliphatic carbocycles. The molecule has 0 saturated carbocycles. The molecule has 1 aromatic heterocycles. The standard InChI is InChI=1S/C17H23N3O3S.HI/c1-21-14-10-16(23-3)15(22-2)9-12(14)11-20-17(18)19-7-6-13-5-4-8-24-13;/h4-5,8-10H,6-7,11H2,1-3H3,(H3,18,19,20);1H. The summed E-state index contributed by atoms with van der Waals surface area (Å²) >= 11 is 1.73. The molecule has 0 bridgehead atoms. The largest absolute Gasteiger partial charge is 0.496 e. The van der Waals surface area contributed by atoms with E-state index in [0.29, 0.717) is 29.8 Å². The molecular weight excluding hydrogens is 453 g/mol. The van der Waals surface area contributed by atoms with Crippen LogP contribution in [-0.2, 0) is 13.0 Å². The molecule has 8 heteroatoms. The Morgan fingerprint density at radius 2 is 1.80 bits per heavy atom. The van der Waals surface area contributed by atoms with Gasteiger partial charge in [-0.15, -0.1) is 35.3 Å². The van der Waals surface area contributed by atoms with Gasteiger partial charge in [0.05, 0.1) is 27.9 Å². The number of halogens is 1. The Labute approximate surface area is 169 Å². The van der Waals surface area contributed by atoms with Crippen molar-refractivity contribution < 1.29 is 14.2 Å². The zero-order valence-electron chi connectivity index (χ0n) is 14.6. The minimum Gasteiger partial charge on any atom is -0.496 e. The topological polar surface area (TPSA) is 78.1 Å². The highest BCUT2D eigenvalue weighted by Gasteiger charge is 2.11. The molecule has 0 fully saturated rings. The van der Waals surface area contributed by atoms with Crippen molar-refractivity contribution in [2.24, 2.45) is 10.7 Å². The first-order valence-electron chi connectivity index (χ1n) is 7.53. The third kappa shape index (κ3) is 6.28. The summed E-state index contributed by atoms with van der Waals surface area (Å²) in [5, 5.41) is 5.18. The second-order valence-corrected chi connectivity index (χ2v) is 6.01. The molecule has 3 N–H and O–H groups in total. The highest BCUT2D eigenvalue weighted by atomic mass is 127. The number of benzene rings is 1. The van der Waals surface area contributed by atoms with Crippen molar-refractivity contribution in [1.82, 2.24) is 5.32 Å². The second-order valence-electron chi connectivity index (χ2n) is 4.98. The molecular formula is C17H24IN3O3S. The number of ether oxygens (including phenoxy) is 3. The van der Waals surface area contributed by atoms with Crippen LogP contribution in [0.4, 0.5) is 0 Å². The zero-order chi connectivity index (χ0) is 17.4. The third-order valence-corrected chi connectivity index (χ3v) is 4.40. The highest BCUT2D eigenvalue weighted by Crippen LogP contribution is 2.34. The fraction of sp³-hybridized carbons (Fsp3) is 0.353. The first-order chi connectivity index (χ1) is 11.7. The van der Waals surface area contributed by atoms with Gasteiger partial charge in [0.15, 0.2) is 17.5 Å². The van der Waals surface area contributed by atoms with Gasteiger partial charge >= 0.3 is 0 Å². The van der Waals surface area contributed by atoms with Gasteiger partial charge in [-0.25, -0.2) is 4.99 Å². The lowest BCUT2D eigenvalue weighted by Gasteiger charge is -2.13. The summed E-state index contributed by atoms with van der Waals surface area (Å²) in [5.74, 6) is 2.34. The van der Waals surface area contributed by atoms with Crippen molar-refractivity contribution in [2.45, 2.75) is 13.0 Å². The van der Waals surface area contributed by atoms with Crippen molar-refractivity contribution >= 4 is 41.3 Å². The van der Waals surface area contributed by atoms with E-state index in [4.69, 9.17) is 19.9 Å². The Kier molecular flexibility index (Phi) is 9.43. The zero-order valence-corrected chi connectivity index (χ0v) is 17.7. The number of nitrogens with two attached hydrogens (primary N) is 1. The first kappa shape index (κ1) is 21.4. The summed E-state index contributed by atoms with van der Waals surface area (Å²) in [6, 6.07) is 7.78. The van der Waals surface area contributed by atoms with Crippen LogP contribution in [0, 0.1) is 0 Å². The monoisotopic (exact) mass is 477 g/mol. The highest BCUT2D eigenvalue weighted by molar-refractivity contribution is 14.0.